The quantitative estimate of drug-likeness (QED) is 0.611. The molecule has 0 aliphatic heterocycles. The first-order valence-corrected chi connectivity index (χ1v) is 9.21. The second-order valence-corrected chi connectivity index (χ2v) is 7.00. The van der Waals surface area contributed by atoms with Crippen LogP contribution in [0.3, 0.4) is 0 Å². The zero-order chi connectivity index (χ0) is 20.3. The first kappa shape index (κ1) is 20.0. The lowest BCUT2D eigenvalue weighted by Crippen LogP contribution is -2.28. The van der Waals surface area contributed by atoms with Gasteiger partial charge < -0.3 is 23.8 Å². The largest absolute Gasteiger partial charge is 0.493 e. The van der Waals surface area contributed by atoms with Crippen molar-refractivity contribution in [2.45, 2.75) is 26.1 Å². The topological polar surface area (TPSA) is 65.6 Å². The number of fused-ring (bicyclic) bond motifs is 1. The van der Waals surface area contributed by atoms with Crippen molar-refractivity contribution in [2.75, 3.05) is 14.2 Å². The molecule has 148 valence electrons. The Bertz CT molecular complexity index is 1040. The fraction of sp³-hybridized carbons (Fsp3) is 0.286. The number of nitrogens with zero attached hydrogens (tertiary/aromatic N) is 1. The number of rotatable bonds is 8. The molecule has 0 spiro atoms. The number of halogens is 1. The van der Waals surface area contributed by atoms with E-state index in [9.17, 15) is 4.79 Å². The molecule has 0 bridgehead atoms. The van der Waals surface area contributed by atoms with Crippen LogP contribution in [0.15, 0.2) is 57.4 Å². The van der Waals surface area contributed by atoms with Gasteiger partial charge in [0.05, 0.1) is 38.6 Å². The van der Waals surface area contributed by atoms with Gasteiger partial charge in [0, 0.05) is 28.6 Å². The third-order valence-corrected chi connectivity index (χ3v) is 4.69. The van der Waals surface area contributed by atoms with Gasteiger partial charge in [-0.2, -0.15) is 0 Å². The Hall–Kier alpha value is -2.70. The van der Waals surface area contributed by atoms with E-state index in [1.54, 1.807) is 31.1 Å². The van der Waals surface area contributed by atoms with Crippen molar-refractivity contribution < 1.29 is 13.9 Å². The minimum atomic E-state index is -0.138. The molecular formula is C21H23ClN2O4. The van der Waals surface area contributed by atoms with Gasteiger partial charge in [-0.15, -0.1) is 0 Å². The Balaban J connectivity index is 2.05. The van der Waals surface area contributed by atoms with Crippen LogP contribution in [0.25, 0.3) is 10.9 Å². The summed E-state index contributed by atoms with van der Waals surface area (Å²) >= 11 is 6.03. The molecule has 0 aliphatic carbocycles. The van der Waals surface area contributed by atoms with E-state index >= 15 is 0 Å². The van der Waals surface area contributed by atoms with Gasteiger partial charge in [-0.25, -0.2) is 0 Å². The van der Waals surface area contributed by atoms with Gasteiger partial charge in [0.25, 0.3) is 5.56 Å². The van der Waals surface area contributed by atoms with Crippen LogP contribution in [0.4, 0.5) is 0 Å². The van der Waals surface area contributed by atoms with Crippen molar-refractivity contribution in [1.82, 2.24) is 9.88 Å². The molecule has 0 amide bonds. The predicted molar refractivity (Wildman–Crippen MR) is 110 cm³/mol. The van der Waals surface area contributed by atoms with Crippen LogP contribution >= 0.6 is 11.6 Å². The highest BCUT2D eigenvalue weighted by atomic mass is 35.5. The maximum atomic E-state index is 13.1. The minimum Gasteiger partial charge on any atom is -0.493 e. The van der Waals surface area contributed by atoms with Gasteiger partial charge in [-0.05, 0) is 31.2 Å². The van der Waals surface area contributed by atoms with Gasteiger partial charge in [-0.3, -0.25) is 4.79 Å². The number of hydrogen-bond donors (Lipinski definition) is 1. The maximum Gasteiger partial charge on any atom is 0.255 e. The summed E-state index contributed by atoms with van der Waals surface area (Å²) in [6.45, 7) is 6.29. The molecule has 0 unspecified atom stereocenters. The molecule has 1 atom stereocenters. The summed E-state index contributed by atoms with van der Waals surface area (Å²) in [5.74, 6) is 1.94. The molecule has 3 rings (SSSR count). The average molecular weight is 403 g/mol. The normalized spacial score (nSPS) is 12.1. The summed E-state index contributed by atoms with van der Waals surface area (Å²) in [5, 5.41) is 4.53. The van der Waals surface area contributed by atoms with E-state index in [0.29, 0.717) is 34.2 Å². The van der Waals surface area contributed by atoms with E-state index in [4.69, 9.17) is 25.5 Å². The van der Waals surface area contributed by atoms with Crippen LogP contribution in [0.2, 0.25) is 0 Å². The SMILES string of the molecule is C=C(Cl)Cn1c(=O)c(CN[C@H](C)c2ccco2)cc2cc(OC)c(OC)cc21. The molecule has 0 saturated carbocycles. The molecule has 1 N–H and O–H groups in total. The van der Waals surface area contributed by atoms with E-state index in [-0.39, 0.29) is 18.1 Å². The van der Waals surface area contributed by atoms with Crippen LogP contribution in [0, 0.1) is 0 Å². The predicted octanol–water partition coefficient (Wildman–Crippen LogP) is 4.22. The molecule has 0 aliphatic rings. The van der Waals surface area contributed by atoms with Crippen LogP contribution in [0.5, 0.6) is 11.5 Å². The van der Waals surface area contributed by atoms with Crippen molar-refractivity contribution in [3.8, 4) is 11.5 Å². The Morgan fingerprint density at radius 2 is 2.00 bits per heavy atom. The summed E-state index contributed by atoms with van der Waals surface area (Å²) in [4.78, 5) is 13.1. The highest BCUT2D eigenvalue weighted by Crippen LogP contribution is 2.32. The van der Waals surface area contributed by atoms with Gasteiger partial charge in [0.1, 0.15) is 5.76 Å². The summed E-state index contributed by atoms with van der Waals surface area (Å²) in [6.07, 6.45) is 1.63. The molecule has 1 aromatic carbocycles. The van der Waals surface area contributed by atoms with Crippen molar-refractivity contribution in [2.24, 2.45) is 0 Å². The van der Waals surface area contributed by atoms with E-state index < -0.39 is 0 Å². The maximum absolute atomic E-state index is 13.1. The van der Waals surface area contributed by atoms with E-state index in [1.807, 2.05) is 31.2 Å². The number of nitrogens with one attached hydrogen (secondary N) is 1. The third-order valence-electron chi connectivity index (χ3n) is 4.57. The lowest BCUT2D eigenvalue weighted by Gasteiger charge is -2.17. The zero-order valence-electron chi connectivity index (χ0n) is 16.1. The number of furan rings is 1. The summed E-state index contributed by atoms with van der Waals surface area (Å²) in [6, 6.07) is 9.17. The molecule has 0 saturated heterocycles. The van der Waals surface area contributed by atoms with Crippen molar-refractivity contribution in [3.63, 3.8) is 0 Å². The highest BCUT2D eigenvalue weighted by Gasteiger charge is 2.15. The molecule has 6 nitrogen and oxygen atoms in total. The van der Waals surface area contributed by atoms with Gasteiger partial charge >= 0.3 is 0 Å². The molecule has 2 aromatic heterocycles. The Morgan fingerprint density at radius 3 is 2.61 bits per heavy atom. The Labute approximate surface area is 168 Å². The number of hydrogen-bond acceptors (Lipinski definition) is 5. The number of aromatic nitrogens is 1. The third kappa shape index (κ3) is 4.08. The van der Waals surface area contributed by atoms with Gasteiger partial charge in [0.15, 0.2) is 11.5 Å². The smallest absolute Gasteiger partial charge is 0.255 e. The number of methoxy groups -OCH3 is 2. The zero-order valence-corrected chi connectivity index (χ0v) is 16.9. The standard InChI is InChI=1S/C21H23ClN2O4/c1-13(22)12-24-17-10-20(27-4)19(26-3)9-15(17)8-16(21(24)25)11-23-14(2)18-6-5-7-28-18/h5-10,14,23H,1,11-12H2,2-4H3/t14-/m1/s1. The number of allylic oxidation sites excluding steroid dienone is 1. The molecule has 2 heterocycles. The van der Waals surface area contributed by atoms with Gasteiger partial charge in [0.2, 0.25) is 0 Å². The van der Waals surface area contributed by atoms with Crippen molar-refractivity contribution in [1.29, 1.82) is 0 Å². The second kappa shape index (κ2) is 8.54. The molecule has 7 heteroatoms. The molecule has 0 fully saturated rings. The number of benzene rings is 1. The summed E-state index contributed by atoms with van der Waals surface area (Å²) < 4.78 is 17.8. The molecular weight excluding hydrogens is 380 g/mol. The Kier molecular flexibility index (Phi) is 6.11. The molecule has 0 radical (unpaired) electrons. The Morgan fingerprint density at radius 1 is 1.29 bits per heavy atom. The lowest BCUT2D eigenvalue weighted by molar-refractivity contribution is 0.355. The van der Waals surface area contributed by atoms with Crippen LogP contribution in [-0.4, -0.2) is 18.8 Å². The number of ether oxygens (including phenoxy) is 2. The van der Waals surface area contributed by atoms with Crippen molar-refractivity contribution in [3.05, 3.63) is 69.9 Å². The summed E-state index contributed by atoms with van der Waals surface area (Å²) in [5.41, 5.74) is 1.17. The monoisotopic (exact) mass is 402 g/mol. The first-order chi connectivity index (χ1) is 13.4. The van der Waals surface area contributed by atoms with E-state index in [0.717, 1.165) is 11.1 Å². The lowest BCUT2D eigenvalue weighted by atomic mass is 10.1. The molecule has 28 heavy (non-hydrogen) atoms. The second-order valence-electron chi connectivity index (χ2n) is 6.46. The van der Waals surface area contributed by atoms with Crippen LogP contribution < -0.4 is 20.3 Å². The van der Waals surface area contributed by atoms with Gasteiger partial charge in [-0.1, -0.05) is 18.2 Å². The number of pyridine rings is 1. The van der Waals surface area contributed by atoms with E-state index in [1.165, 1.54) is 0 Å². The fourth-order valence-electron chi connectivity index (χ4n) is 3.12. The fourth-order valence-corrected chi connectivity index (χ4v) is 3.24. The first-order valence-electron chi connectivity index (χ1n) is 8.83. The van der Waals surface area contributed by atoms with E-state index in [2.05, 4.69) is 11.9 Å². The van der Waals surface area contributed by atoms with Crippen LogP contribution in [0.1, 0.15) is 24.3 Å². The molecule has 3 aromatic rings. The van der Waals surface area contributed by atoms with Crippen LogP contribution in [-0.2, 0) is 13.1 Å². The van der Waals surface area contributed by atoms with Crippen molar-refractivity contribution >= 4 is 22.5 Å². The highest BCUT2D eigenvalue weighted by molar-refractivity contribution is 6.29. The summed E-state index contributed by atoms with van der Waals surface area (Å²) in [7, 11) is 3.13. The minimum absolute atomic E-state index is 0.0352. The average Bonchev–Trinajstić information content (AvgIpc) is 3.22.